The van der Waals surface area contributed by atoms with Gasteiger partial charge in [0.05, 0.1) is 11.3 Å². The summed E-state index contributed by atoms with van der Waals surface area (Å²) in [5.41, 5.74) is 6.48. The number of sulfone groups is 1. The summed E-state index contributed by atoms with van der Waals surface area (Å²) in [5, 5.41) is -0.516. The van der Waals surface area contributed by atoms with Crippen molar-refractivity contribution in [1.82, 2.24) is 10.9 Å². The first-order valence-corrected chi connectivity index (χ1v) is 6.86. The van der Waals surface area contributed by atoms with Gasteiger partial charge in [0.1, 0.15) is 5.82 Å². The van der Waals surface area contributed by atoms with Gasteiger partial charge in [0, 0.05) is 12.8 Å². The van der Waals surface area contributed by atoms with Gasteiger partial charge in [-0.25, -0.2) is 18.2 Å². The highest BCUT2D eigenvalue weighted by Gasteiger charge is 2.35. The van der Waals surface area contributed by atoms with Crippen molar-refractivity contribution in [2.24, 2.45) is 0 Å². The summed E-state index contributed by atoms with van der Waals surface area (Å²) in [6.07, 6.45) is 1.21. The van der Waals surface area contributed by atoms with Crippen molar-refractivity contribution < 1.29 is 12.8 Å². The molecule has 1 aliphatic heterocycles. The van der Waals surface area contributed by atoms with Crippen LogP contribution in [-0.2, 0) is 9.84 Å². The standard InChI is InChI=1S/C10H13FN2O2S/c1-16(14,15)9-6-12-13-10(9)7-2-4-8(11)5-3-7/h2-5,9-10,12-13H,6H2,1H3. The number of rotatable bonds is 2. The molecular formula is C10H13FN2O2S. The van der Waals surface area contributed by atoms with Gasteiger partial charge < -0.3 is 0 Å². The summed E-state index contributed by atoms with van der Waals surface area (Å²) >= 11 is 0. The Kier molecular flexibility index (Phi) is 2.96. The van der Waals surface area contributed by atoms with Crippen LogP contribution >= 0.6 is 0 Å². The third-order valence-corrected chi connectivity index (χ3v) is 4.25. The van der Waals surface area contributed by atoms with Crippen LogP contribution in [0.3, 0.4) is 0 Å². The van der Waals surface area contributed by atoms with Crippen molar-refractivity contribution in [2.75, 3.05) is 12.8 Å². The van der Waals surface area contributed by atoms with E-state index in [9.17, 15) is 12.8 Å². The average molecular weight is 244 g/mol. The maximum Gasteiger partial charge on any atom is 0.153 e. The number of halogens is 1. The van der Waals surface area contributed by atoms with E-state index in [1.54, 1.807) is 12.1 Å². The molecule has 0 aromatic heterocycles. The van der Waals surface area contributed by atoms with Crippen molar-refractivity contribution in [3.8, 4) is 0 Å². The Morgan fingerprint density at radius 2 is 1.94 bits per heavy atom. The molecular weight excluding hydrogens is 231 g/mol. The van der Waals surface area contributed by atoms with E-state index >= 15 is 0 Å². The van der Waals surface area contributed by atoms with E-state index in [1.165, 1.54) is 18.4 Å². The predicted octanol–water partition coefficient (Wildman–Crippen LogP) is 0.388. The fourth-order valence-corrected chi connectivity index (χ4v) is 2.95. The van der Waals surface area contributed by atoms with Crippen molar-refractivity contribution >= 4 is 9.84 Å². The number of benzene rings is 1. The van der Waals surface area contributed by atoms with Crippen molar-refractivity contribution in [3.05, 3.63) is 35.6 Å². The molecule has 0 saturated carbocycles. The first kappa shape index (κ1) is 11.5. The van der Waals surface area contributed by atoms with E-state index in [2.05, 4.69) is 10.9 Å². The van der Waals surface area contributed by atoms with Crippen LogP contribution < -0.4 is 10.9 Å². The molecule has 1 aromatic rings. The topological polar surface area (TPSA) is 58.2 Å². The van der Waals surface area contributed by atoms with E-state index in [-0.39, 0.29) is 11.9 Å². The maximum absolute atomic E-state index is 12.8. The van der Waals surface area contributed by atoms with Crippen LogP contribution in [0.15, 0.2) is 24.3 Å². The third-order valence-electron chi connectivity index (χ3n) is 2.71. The quantitative estimate of drug-likeness (QED) is 0.790. The number of nitrogens with one attached hydrogen (secondary N) is 2. The van der Waals surface area contributed by atoms with E-state index in [4.69, 9.17) is 0 Å². The zero-order valence-electron chi connectivity index (χ0n) is 8.77. The van der Waals surface area contributed by atoms with Crippen molar-refractivity contribution in [1.29, 1.82) is 0 Å². The van der Waals surface area contributed by atoms with Crippen LogP contribution in [0, 0.1) is 5.82 Å². The molecule has 6 heteroatoms. The summed E-state index contributed by atoms with van der Waals surface area (Å²) in [4.78, 5) is 0. The minimum atomic E-state index is -3.13. The van der Waals surface area contributed by atoms with Crippen LogP contribution in [0.1, 0.15) is 11.6 Å². The molecule has 1 saturated heterocycles. The van der Waals surface area contributed by atoms with Gasteiger partial charge in [-0.1, -0.05) is 12.1 Å². The minimum Gasteiger partial charge on any atom is -0.256 e. The molecule has 0 spiro atoms. The molecule has 1 fully saturated rings. The highest BCUT2D eigenvalue weighted by molar-refractivity contribution is 7.91. The molecule has 1 aromatic carbocycles. The Hall–Kier alpha value is -0.980. The van der Waals surface area contributed by atoms with Crippen LogP contribution in [0.4, 0.5) is 4.39 Å². The van der Waals surface area contributed by atoms with E-state index in [1.807, 2.05) is 0 Å². The molecule has 0 radical (unpaired) electrons. The fraction of sp³-hybridized carbons (Fsp3) is 0.400. The van der Waals surface area contributed by atoms with Gasteiger partial charge in [-0.05, 0) is 17.7 Å². The van der Waals surface area contributed by atoms with Gasteiger partial charge in [0.25, 0.3) is 0 Å². The zero-order valence-corrected chi connectivity index (χ0v) is 9.59. The second-order valence-corrected chi connectivity index (χ2v) is 6.19. The lowest BCUT2D eigenvalue weighted by Gasteiger charge is -2.16. The predicted molar refractivity (Wildman–Crippen MR) is 58.9 cm³/mol. The molecule has 2 unspecified atom stereocenters. The molecule has 2 rings (SSSR count). The van der Waals surface area contributed by atoms with E-state index < -0.39 is 15.1 Å². The molecule has 1 heterocycles. The fourth-order valence-electron chi connectivity index (χ4n) is 1.85. The smallest absolute Gasteiger partial charge is 0.153 e. The lowest BCUT2D eigenvalue weighted by Crippen LogP contribution is -2.29. The van der Waals surface area contributed by atoms with Gasteiger partial charge in [-0.2, -0.15) is 0 Å². The van der Waals surface area contributed by atoms with Crippen LogP contribution in [0.25, 0.3) is 0 Å². The van der Waals surface area contributed by atoms with Crippen LogP contribution in [-0.4, -0.2) is 26.5 Å². The second kappa shape index (κ2) is 4.12. The monoisotopic (exact) mass is 244 g/mol. The summed E-state index contributed by atoms with van der Waals surface area (Å²) < 4.78 is 35.8. The SMILES string of the molecule is CS(=O)(=O)C1CNNC1c1ccc(F)cc1. The number of hydrogen-bond acceptors (Lipinski definition) is 4. The van der Waals surface area contributed by atoms with Gasteiger partial charge in [0.15, 0.2) is 9.84 Å². The van der Waals surface area contributed by atoms with E-state index in [0.717, 1.165) is 5.56 Å². The highest BCUT2D eigenvalue weighted by Crippen LogP contribution is 2.24. The zero-order chi connectivity index (χ0) is 11.8. The Morgan fingerprint density at radius 3 is 2.50 bits per heavy atom. The van der Waals surface area contributed by atoms with Crippen molar-refractivity contribution in [3.63, 3.8) is 0 Å². The molecule has 1 aliphatic rings. The molecule has 2 N–H and O–H groups in total. The maximum atomic E-state index is 12.8. The first-order chi connectivity index (χ1) is 7.48. The minimum absolute atomic E-state index is 0.324. The molecule has 4 nitrogen and oxygen atoms in total. The summed E-state index contributed by atoms with van der Waals surface area (Å²) in [5.74, 6) is -0.328. The highest BCUT2D eigenvalue weighted by atomic mass is 32.2. The Morgan fingerprint density at radius 1 is 1.31 bits per heavy atom. The largest absolute Gasteiger partial charge is 0.256 e. The van der Waals surface area contributed by atoms with Crippen LogP contribution in [0.5, 0.6) is 0 Å². The number of hydrogen-bond donors (Lipinski definition) is 2. The summed E-state index contributed by atoms with van der Waals surface area (Å²) in [6, 6.07) is 5.52. The van der Waals surface area contributed by atoms with Gasteiger partial charge in [-0.3, -0.25) is 5.43 Å². The van der Waals surface area contributed by atoms with E-state index in [0.29, 0.717) is 6.54 Å². The molecule has 0 aliphatic carbocycles. The van der Waals surface area contributed by atoms with Crippen molar-refractivity contribution in [2.45, 2.75) is 11.3 Å². The second-order valence-electron chi connectivity index (χ2n) is 3.92. The summed E-state index contributed by atoms with van der Waals surface area (Å²) in [7, 11) is -3.13. The lowest BCUT2D eigenvalue weighted by molar-refractivity contribution is 0.555. The van der Waals surface area contributed by atoms with Gasteiger partial charge in [0.2, 0.25) is 0 Å². The van der Waals surface area contributed by atoms with Gasteiger partial charge >= 0.3 is 0 Å². The first-order valence-electron chi connectivity index (χ1n) is 4.91. The Bertz CT molecular complexity index is 472. The van der Waals surface area contributed by atoms with Crippen LogP contribution in [0.2, 0.25) is 0 Å². The molecule has 2 atom stereocenters. The Labute approximate surface area is 93.7 Å². The number of hydrazine groups is 1. The molecule has 0 bridgehead atoms. The normalized spacial score (nSPS) is 25.9. The molecule has 16 heavy (non-hydrogen) atoms. The Balaban J connectivity index is 2.30. The van der Waals surface area contributed by atoms with Gasteiger partial charge in [-0.15, -0.1) is 0 Å². The molecule has 88 valence electrons. The lowest BCUT2D eigenvalue weighted by atomic mass is 10.1. The molecule has 0 amide bonds. The summed E-state index contributed by atoms with van der Waals surface area (Å²) in [6.45, 7) is 0.362. The third kappa shape index (κ3) is 2.23. The average Bonchev–Trinajstić information content (AvgIpc) is 2.66.